The first-order valence-electron chi connectivity index (χ1n) is 6.38. The predicted octanol–water partition coefficient (Wildman–Crippen LogP) is 3.57. The van der Waals surface area contributed by atoms with Crippen LogP contribution in [-0.4, -0.2) is 9.55 Å². The summed E-state index contributed by atoms with van der Waals surface area (Å²) in [6.07, 6.45) is 4.40. The molecule has 88 valence electrons. The Morgan fingerprint density at radius 2 is 1.61 bits per heavy atom. The zero-order valence-corrected chi connectivity index (χ0v) is 10.1. The van der Waals surface area contributed by atoms with E-state index in [0.29, 0.717) is 0 Å². The van der Waals surface area contributed by atoms with Crippen LogP contribution in [0.2, 0.25) is 0 Å². The quantitative estimate of drug-likeness (QED) is 0.662. The fourth-order valence-electron chi connectivity index (χ4n) is 2.84. The van der Waals surface area contributed by atoms with Gasteiger partial charge in [0.15, 0.2) is 0 Å². The van der Waals surface area contributed by atoms with Gasteiger partial charge >= 0.3 is 0 Å². The van der Waals surface area contributed by atoms with E-state index in [1.54, 1.807) is 0 Å². The van der Waals surface area contributed by atoms with Crippen LogP contribution in [0.4, 0.5) is 0 Å². The molecule has 1 heterocycles. The van der Waals surface area contributed by atoms with Gasteiger partial charge in [-0.25, -0.2) is 4.98 Å². The Labute approximate surface area is 106 Å². The van der Waals surface area contributed by atoms with Gasteiger partial charge in [0.1, 0.15) is 0 Å². The first-order valence-corrected chi connectivity index (χ1v) is 6.38. The molecule has 4 rings (SSSR count). The van der Waals surface area contributed by atoms with E-state index in [2.05, 4.69) is 58.1 Å². The molecule has 0 radical (unpaired) electrons. The maximum absolute atomic E-state index is 4.51. The van der Waals surface area contributed by atoms with Crippen LogP contribution in [0.3, 0.4) is 0 Å². The van der Waals surface area contributed by atoms with Gasteiger partial charge in [0.05, 0.1) is 22.9 Å². The van der Waals surface area contributed by atoms with Crippen LogP contribution in [0.5, 0.6) is 0 Å². The van der Waals surface area contributed by atoms with Crippen molar-refractivity contribution < 1.29 is 0 Å². The zero-order valence-electron chi connectivity index (χ0n) is 10.1. The molecule has 2 aromatic carbocycles. The number of hydrogen-bond donors (Lipinski definition) is 0. The second kappa shape index (κ2) is 3.45. The van der Waals surface area contributed by atoms with E-state index in [1.807, 2.05) is 12.4 Å². The average molecular weight is 234 g/mol. The fraction of sp³-hybridized carbons (Fsp3) is 0.188. The summed E-state index contributed by atoms with van der Waals surface area (Å²) in [7, 11) is 0. The number of imidazole rings is 1. The van der Waals surface area contributed by atoms with Crippen molar-refractivity contribution in [3.8, 4) is 0 Å². The van der Waals surface area contributed by atoms with Crippen LogP contribution >= 0.6 is 0 Å². The molecule has 2 heteroatoms. The number of fused-ring (bicyclic) bond motifs is 1. The summed E-state index contributed by atoms with van der Waals surface area (Å²) in [4.78, 5) is 4.51. The fourth-order valence-corrected chi connectivity index (χ4v) is 2.84. The summed E-state index contributed by atoms with van der Waals surface area (Å²) in [6.45, 7) is 0. The first-order chi connectivity index (χ1) is 8.90. The summed E-state index contributed by atoms with van der Waals surface area (Å²) in [5, 5.41) is 0. The molecule has 2 nitrogen and oxygen atoms in total. The molecule has 0 bridgehead atoms. The van der Waals surface area contributed by atoms with Crippen molar-refractivity contribution in [2.45, 2.75) is 18.4 Å². The van der Waals surface area contributed by atoms with Crippen molar-refractivity contribution in [2.24, 2.45) is 0 Å². The van der Waals surface area contributed by atoms with Gasteiger partial charge in [0.25, 0.3) is 0 Å². The number of nitrogens with zero attached hydrogens (tertiary/aromatic N) is 2. The third-order valence-electron chi connectivity index (χ3n) is 3.95. The normalized spacial score (nSPS) is 16.9. The van der Waals surface area contributed by atoms with Gasteiger partial charge in [0, 0.05) is 0 Å². The molecule has 0 aliphatic heterocycles. The van der Waals surface area contributed by atoms with E-state index in [9.17, 15) is 0 Å². The summed E-state index contributed by atoms with van der Waals surface area (Å²) >= 11 is 0. The highest BCUT2D eigenvalue weighted by molar-refractivity contribution is 5.76. The molecule has 0 saturated heterocycles. The number of rotatable bonds is 2. The Hall–Kier alpha value is -2.09. The minimum Gasteiger partial charge on any atom is -0.320 e. The van der Waals surface area contributed by atoms with E-state index in [-0.39, 0.29) is 5.54 Å². The molecule has 0 amide bonds. The third-order valence-corrected chi connectivity index (χ3v) is 3.95. The van der Waals surface area contributed by atoms with Crippen LogP contribution in [0.15, 0.2) is 60.9 Å². The minimum absolute atomic E-state index is 0.150. The molecule has 0 spiro atoms. The molecule has 1 aromatic heterocycles. The maximum Gasteiger partial charge on any atom is 0.0966 e. The number of para-hydroxylation sites is 2. The van der Waals surface area contributed by atoms with Crippen molar-refractivity contribution in [1.82, 2.24) is 9.55 Å². The lowest BCUT2D eigenvalue weighted by Crippen LogP contribution is -2.17. The molecule has 0 atom stereocenters. The van der Waals surface area contributed by atoms with Crippen LogP contribution in [0, 0.1) is 0 Å². The zero-order chi connectivity index (χ0) is 12.0. The predicted molar refractivity (Wildman–Crippen MR) is 72.5 cm³/mol. The average Bonchev–Trinajstić information content (AvgIpc) is 3.13. The van der Waals surface area contributed by atoms with Gasteiger partial charge in [-0.2, -0.15) is 0 Å². The molecule has 1 saturated carbocycles. The lowest BCUT2D eigenvalue weighted by Gasteiger charge is -2.18. The van der Waals surface area contributed by atoms with Crippen molar-refractivity contribution >= 4 is 11.0 Å². The van der Waals surface area contributed by atoms with E-state index < -0.39 is 0 Å². The highest BCUT2D eigenvalue weighted by Crippen LogP contribution is 2.50. The van der Waals surface area contributed by atoms with E-state index >= 15 is 0 Å². The molecule has 18 heavy (non-hydrogen) atoms. The Balaban J connectivity index is 1.93. The van der Waals surface area contributed by atoms with Crippen molar-refractivity contribution in [3.63, 3.8) is 0 Å². The van der Waals surface area contributed by atoms with Gasteiger partial charge in [-0.05, 0) is 30.5 Å². The smallest absolute Gasteiger partial charge is 0.0966 e. The summed E-state index contributed by atoms with van der Waals surface area (Å²) in [5.41, 5.74) is 3.86. The molecule has 1 fully saturated rings. The Bertz CT molecular complexity index is 693. The van der Waals surface area contributed by atoms with Crippen molar-refractivity contribution in [1.29, 1.82) is 0 Å². The summed E-state index contributed by atoms with van der Waals surface area (Å²) in [5.74, 6) is 0. The van der Waals surface area contributed by atoms with Gasteiger partial charge < -0.3 is 4.57 Å². The van der Waals surface area contributed by atoms with Crippen molar-refractivity contribution in [2.75, 3.05) is 0 Å². The van der Waals surface area contributed by atoms with Crippen LogP contribution in [0.25, 0.3) is 11.0 Å². The molecule has 3 aromatic rings. The van der Waals surface area contributed by atoms with Crippen LogP contribution in [0.1, 0.15) is 18.4 Å². The van der Waals surface area contributed by atoms with Crippen LogP contribution in [-0.2, 0) is 5.54 Å². The highest BCUT2D eigenvalue weighted by atomic mass is 15.1. The topological polar surface area (TPSA) is 17.8 Å². The number of aromatic nitrogens is 2. The molecular weight excluding hydrogens is 220 g/mol. The largest absolute Gasteiger partial charge is 0.320 e. The van der Waals surface area contributed by atoms with E-state index in [1.165, 1.54) is 23.9 Å². The molecule has 1 aliphatic rings. The van der Waals surface area contributed by atoms with Gasteiger partial charge in [0.2, 0.25) is 0 Å². The van der Waals surface area contributed by atoms with Crippen molar-refractivity contribution in [3.05, 3.63) is 66.5 Å². The lowest BCUT2D eigenvalue weighted by molar-refractivity contribution is 0.591. The second-order valence-electron chi connectivity index (χ2n) is 5.00. The first kappa shape index (κ1) is 9.89. The standard InChI is InChI=1S/C16H14N2/c1-2-6-13(7-3-1)16(10-11-16)18-12-17-14-8-4-5-9-15(14)18/h1-9,12H,10-11H2. The molecular formula is C16H14N2. The number of hydrogen-bond acceptors (Lipinski definition) is 1. The van der Waals surface area contributed by atoms with Gasteiger partial charge in [-0.3, -0.25) is 0 Å². The Morgan fingerprint density at radius 3 is 2.39 bits per heavy atom. The number of benzene rings is 2. The van der Waals surface area contributed by atoms with Gasteiger partial charge in [-0.15, -0.1) is 0 Å². The lowest BCUT2D eigenvalue weighted by atomic mass is 10.0. The van der Waals surface area contributed by atoms with E-state index in [4.69, 9.17) is 0 Å². The Morgan fingerprint density at radius 1 is 0.889 bits per heavy atom. The van der Waals surface area contributed by atoms with E-state index in [0.717, 1.165) is 5.52 Å². The Kier molecular flexibility index (Phi) is 1.90. The molecule has 1 aliphatic carbocycles. The maximum atomic E-state index is 4.51. The third kappa shape index (κ3) is 1.26. The highest BCUT2D eigenvalue weighted by Gasteiger charge is 2.46. The SMILES string of the molecule is c1ccc(C2(n3cnc4ccccc43)CC2)cc1. The molecule has 0 N–H and O–H groups in total. The minimum atomic E-state index is 0.150. The summed E-state index contributed by atoms with van der Waals surface area (Å²) in [6, 6.07) is 19.1. The molecule has 0 unspecified atom stereocenters. The second-order valence-corrected chi connectivity index (χ2v) is 5.00. The summed E-state index contributed by atoms with van der Waals surface area (Å²) < 4.78 is 2.34. The monoisotopic (exact) mass is 234 g/mol. The van der Waals surface area contributed by atoms with Crippen LogP contribution < -0.4 is 0 Å². The van der Waals surface area contributed by atoms with Gasteiger partial charge in [-0.1, -0.05) is 42.5 Å².